The molecule has 1 unspecified atom stereocenters. The fourth-order valence-electron chi connectivity index (χ4n) is 2.59. The van der Waals surface area contributed by atoms with Gasteiger partial charge in [0, 0.05) is 13.1 Å². The van der Waals surface area contributed by atoms with Crippen molar-refractivity contribution in [2.24, 2.45) is 5.92 Å². The predicted octanol–water partition coefficient (Wildman–Crippen LogP) is 2.30. The Morgan fingerprint density at radius 1 is 1.30 bits per heavy atom. The fraction of sp³-hybridized carbons (Fsp3) is 0.600. The molecule has 0 bridgehead atoms. The van der Waals surface area contributed by atoms with E-state index in [2.05, 4.69) is 12.1 Å². The molecule has 1 aliphatic rings. The summed E-state index contributed by atoms with van der Waals surface area (Å²) in [4.78, 5) is 0. The molecule has 0 N–H and O–H groups in total. The van der Waals surface area contributed by atoms with Crippen LogP contribution in [0, 0.1) is 5.92 Å². The van der Waals surface area contributed by atoms with Crippen LogP contribution >= 0.6 is 0 Å². The van der Waals surface area contributed by atoms with E-state index in [1.807, 2.05) is 12.1 Å². The fourth-order valence-corrected chi connectivity index (χ4v) is 3.96. The van der Waals surface area contributed by atoms with E-state index >= 15 is 0 Å². The summed E-state index contributed by atoms with van der Waals surface area (Å²) < 4.78 is 31.0. The van der Waals surface area contributed by atoms with E-state index in [4.69, 9.17) is 4.74 Å². The Morgan fingerprint density at radius 2 is 1.95 bits per heavy atom. The SMILES string of the molecule is COc1ccc(CC2CCN(S(=O)(=O)C(C)C)C2)cc1. The minimum Gasteiger partial charge on any atom is -0.497 e. The summed E-state index contributed by atoms with van der Waals surface area (Å²) in [5.74, 6) is 1.26. The van der Waals surface area contributed by atoms with Gasteiger partial charge in [0.2, 0.25) is 10.0 Å². The molecule has 20 heavy (non-hydrogen) atoms. The van der Waals surface area contributed by atoms with Crippen molar-refractivity contribution in [1.82, 2.24) is 4.31 Å². The summed E-state index contributed by atoms with van der Waals surface area (Å²) in [6.45, 7) is 4.78. The number of hydrogen-bond acceptors (Lipinski definition) is 3. The highest BCUT2D eigenvalue weighted by Crippen LogP contribution is 2.25. The van der Waals surface area contributed by atoms with Gasteiger partial charge in [0.05, 0.1) is 12.4 Å². The molecule has 1 saturated heterocycles. The van der Waals surface area contributed by atoms with Crippen LogP contribution in [-0.2, 0) is 16.4 Å². The molecule has 0 radical (unpaired) electrons. The molecule has 0 aromatic heterocycles. The maximum Gasteiger partial charge on any atom is 0.216 e. The third kappa shape index (κ3) is 3.33. The van der Waals surface area contributed by atoms with Crippen LogP contribution in [0.2, 0.25) is 0 Å². The molecule has 1 fully saturated rings. The van der Waals surface area contributed by atoms with Crippen molar-refractivity contribution in [2.45, 2.75) is 31.9 Å². The Balaban J connectivity index is 1.96. The molecule has 1 aliphatic heterocycles. The molecule has 5 heteroatoms. The number of methoxy groups -OCH3 is 1. The van der Waals surface area contributed by atoms with Crippen molar-refractivity contribution < 1.29 is 13.2 Å². The van der Waals surface area contributed by atoms with Gasteiger partial charge in [0.25, 0.3) is 0 Å². The van der Waals surface area contributed by atoms with Crippen molar-refractivity contribution in [3.63, 3.8) is 0 Å². The van der Waals surface area contributed by atoms with Gasteiger partial charge in [-0.2, -0.15) is 0 Å². The highest BCUT2D eigenvalue weighted by Gasteiger charge is 2.33. The number of nitrogens with zero attached hydrogens (tertiary/aromatic N) is 1. The first-order chi connectivity index (χ1) is 9.43. The van der Waals surface area contributed by atoms with E-state index < -0.39 is 10.0 Å². The molecule has 0 spiro atoms. The summed E-state index contributed by atoms with van der Waals surface area (Å²) in [5, 5.41) is -0.331. The molecule has 0 aliphatic carbocycles. The van der Waals surface area contributed by atoms with Crippen LogP contribution in [0.25, 0.3) is 0 Å². The van der Waals surface area contributed by atoms with Crippen molar-refractivity contribution >= 4 is 10.0 Å². The Labute approximate surface area is 121 Å². The third-order valence-corrected chi connectivity index (χ3v) is 6.13. The maximum atomic E-state index is 12.1. The Kier molecular flexibility index (Phi) is 4.70. The molecule has 0 saturated carbocycles. The van der Waals surface area contributed by atoms with Crippen LogP contribution in [0.3, 0.4) is 0 Å². The lowest BCUT2D eigenvalue weighted by molar-refractivity contribution is 0.414. The molecule has 112 valence electrons. The Bertz CT molecular complexity index is 537. The van der Waals surface area contributed by atoms with Crippen molar-refractivity contribution in [1.29, 1.82) is 0 Å². The molecule has 0 amide bonds. The lowest BCUT2D eigenvalue weighted by atomic mass is 9.99. The van der Waals surface area contributed by atoms with Crippen LogP contribution in [0.4, 0.5) is 0 Å². The second-order valence-electron chi connectivity index (χ2n) is 5.66. The van der Waals surface area contributed by atoms with Gasteiger partial charge in [0.15, 0.2) is 0 Å². The van der Waals surface area contributed by atoms with Gasteiger partial charge in [0.1, 0.15) is 5.75 Å². The van der Waals surface area contributed by atoms with E-state index in [9.17, 15) is 8.42 Å². The maximum absolute atomic E-state index is 12.1. The number of sulfonamides is 1. The van der Waals surface area contributed by atoms with Gasteiger partial charge < -0.3 is 4.74 Å². The van der Waals surface area contributed by atoms with Crippen LogP contribution in [0.1, 0.15) is 25.8 Å². The Hall–Kier alpha value is -1.07. The zero-order valence-electron chi connectivity index (χ0n) is 12.4. The Morgan fingerprint density at radius 3 is 2.50 bits per heavy atom. The lowest BCUT2D eigenvalue weighted by Crippen LogP contribution is -2.34. The normalized spacial score (nSPS) is 20.5. The number of ether oxygens (including phenoxy) is 1. The number of benzene rings is 1. The van der Waals surface area contributed by atoms with E-state index in [1.54, 1.807) is 25.3 Å². The monoisotopic (exact) mass is 297 g/mol. The van der Waals surface area contributed by atoms with Crippen molar-refractivity contribution in [3.05, 3.63) is 29.8 Å². The summed E-state index contributed by atoms with van der Waals surface area (Å²) in [6.07, 6.45) is 1.87. The molecule has 1 heterocycles. The first kappa shape index (κ1) is 15.3. The smallest absolute Gasteiger partial charge is 0.216 e. The van der Waals surface area contributed by atoms with Gasteiger partial charge in [-0.25, -0.2) is 12.7 Å². The highest BCUT2D eigenvalue weighted by molar-refractivity contribution is 7.89. The molecule has 1 atom stereocenters. The quantitative estimate of drug-likeness (QED) is 0.838. The predicted molar refractivity (Wildman–Crippen MR) is 80.4 cm³/mol. The lowest BCUT2D eigenvalue weighted by Gasteiger charge is -2.19. The van der Waals surface area contributed by atoms with Gasteiger partial charge in [-0.05, 0) is 50.3 Å². The zero-order valence-corrected chi connectivity index (χ0v) is 13.2. The van der Waals surface area contributed by atoms with Crippen LogP contribution in [-0.4, -0.2) is 38.2 Å². The second kappa shape index (κ2) is 6.14. The van der Waals surface area contributed by atoms with Crippen LogP contribution < -0.4 is 4.74 Å². The van der Waals surface area contributed by atoms with Gasteiger partial charge in [-0.1, -0.05) is 12.1 Å². The number of rotatable bonds is 5. The average Bonchev–Trinajstić information content (AvgIpc) is 2.88. The zero-order chi connectivity index (χ0) is 14.8. The van der Waals surface area contributed by atoms with Gasteiger partial charge in [-0.15, -0.1) is 0 Å². The minimum absolute atomic E-state index is 0.331. The molecule has 4 nitrogen and oxygen atoms in total. The summed E-state index contributed by atoms with van der Waals surface area (Å²) in [6, 6.07) is 8.01. The minimum atomic E-state index is -3.10. The standard InChI is InChI=1S/C15H23NO3S/c1-12(2)20(17,18)16-9-8-14(11-16)10-13-4-6-15(19-3)7-5-13/h4-7,12,14H,8-11H2,1-3H3. The first-order valence-electron chi connectivity index (χ1n) is 7.05. The van der Waals surface area contributed by atoms with Gasteiger partial charge in [-0.3, -0.25) is 0 Å². The van der Waals surface area contributed by atoms with Crippen LogP contribution in [0.5, 0.6) is 5.75 Å². The highest BCUT2D eigenvalue weighted by atomic mass is 32.2. The summed E-state index contributed by atoms with van der Waals surface area (Å²) in [5.41, 5.74) is 1.24. The third-order valence-electron chi connectivity index (χ3n) is 3.89. The second-order valence-corrected chi connectivity index (χ2v) is 8.15. The molecule has 2 rings (SSSR count). The molecular formula is C15H23NO3S. The largest absolute Gasteiger partial charge is 0.497 e. The van der Waals surface area contributed by atoms with Crippen molar-refractivity contribution in [2.75, 3.05) is 20.2 Å². The van der Waals surface area contributed by atoms with Crippen LogP contribution in [0.15, 0.2) is 24.3 Å². The van der Waals surface area contributed by atoms with E-state index in [0.29, 0.717) is 19.0 Å². The van der Waals surface area contributed by atoms with E-state index in [0.717, 1.165) is 18.6 Å². The summed E-state index contributed by atoms with van der Waals surface area (Å²) >= 11 is 0. The molecular weight excluding hydrogens is 274 g/mol. The molecule has 1 aromatic carbocycles. The van der Waals surface area contributed by atoms with E-state index in [1.165, 1.54) is 5.56 Å². The number of hydrogen-bond donors (Lipinski definition) is 0. The van der Waals surface area contributed by atoms with Gasteiger partial charge >= 0.3 is 0 Å². The summed E-state index contributed by atoms with van der Waals surface area (Å²) in [7, 11) is -1.45. The van der Waals surface area contributed by atoms with E-state index in [-0.39, 0.29) is 5.25 Å². The molecule has 1 aromatic rings. The average molecular weight is 297 g/mol. The van der Waals surface area contributed by atoms with Crippen molar-refractivity contribution in [3.8, 4) is 5.75 Å². The topological polar surface area (TPSA) is 46.6 Å². The first-order valence-corrected chi connectivity index (χ1v) is 8.55.